The van der Waals surface area contributed by atoms with Crippen LogP contribution in [0.2, 0.25) is 10.0 Å². The summed E-state index contributed by atoms with van der Waals surface area (Å²) in [5.74, 6) is 0.177. The topological polar surface area (TPSA) is 52.6 Å². The molecule has 1 amide bonds. The summed E-state index contributed by atoms with van der Waals surface area (Å²) in [6, 6.07) is 5.52. The zero-order valence-corrected chi connectivity index (χ0v) is 17.3. The van der Waals surface area contributed by atoms with Crippen molar-refractivity contribution in [3.05, 3.63) is 33.8 Å². The van der Waals surface area contributed by atoms with Gasteiger partial charge in [-0.3, -0.25) is 9.69 Å². The van der Waals surface area contributed by atoms with E-state index in [-0.39, 0.29) is 24.2 Å². The van der Waals surface area contributed by atoms with Crippen LogP contribution in [-0.4, -0.2) is 42.2 Å². The van der Waals surface area contributed by atoms with Crippen molar-refractivity contribution >= 4 is 41.5 Å². The molecule has 2 fully saturated rings. The molecule has 1 heterocycles. The lowest BCUT2D eigenvalue weighted by molar-refractivity contribution is -0.139. The van der Waals surface area contributed by atoms with Crippen LogP contribution in [0.5, 0.6) is 0 Å². The molecule has 26 heavy (non-hydrogen) atoms. The summed E-state index contributed by atoms with van der Waals surface area (Å²) >= 11 is 12.4. The monoisotopic (exact) mass is 420 g/mol. The van der Waals surface area contributed by atoms with Crippen LogP contribution in [0.1, 0.15) is 44.1 Å². The molecule has 1 aromatic rings. The van der Waals surface area contributed by atoms with Crippen LogP contribution >= 0.6 is 35.6 Å². The number of nitrogens with zero attached hydrogens (tertiary/aromatic N) is 1. The molecule has 0 bridgehead atoms. The zero-order valence-electron chi connectivity index (χ0n) is 15.0. The smallest absolute Gasteiger partial charge is 0.245 e. The molecule has 1 aliphatic heterocycles. The highest BCUT2D eigenvalue weighted by Gasteiger charge is 2.52. The first kappa shape index (κ1) is 21.8. The zero-order chi connectivity index (χ0) is 18.0. The van der Waals surface area contributed by atoms with Crippen LogP contribution in [-0.2, 0) is 10.3 Å². The second-order valence-electron chi connectivity index (χ2n) is 7.20. The molecule has 2 unspecified atom stereocenters. The maximum absolute atomic E-state index is 13.3. The molecule has 1 saturated carbocycles. The Morgan fingerprint density at radius 2 is 1.88 bits per heavy atom. The number of nitrogens with one attached hydrogen (secondary N) is 1. The Morgan fingerprint density at radius 3 is 2.42 bits per heavy atom. The number of hydrogen-bond donors (Lipinski definition) is 2. The quantitative estimate of drug-likeness (QED) is 0.772. The Bertz CT molecular complexity index is 630. The highest BCUT2D eigenvalue weighted by molar-refractivity contribution is 6.42. The van der Waals surface area contributed by atoms with Gasteiger partial charge in [0.25, 0.3) is 0 Å². The molecule has 1 aromatic carbocycles. The second kappa shape index (κ2) is 9.11. The van der Waals surface area contributed by atoms with Gasteiger partial charge in [-0.2, -0.15) is 0 Å². The van der Waals surface area contributed by atoms with Crippen LogP contribution in [0.4, 0.5) is 0 Å². The fourth-order valence-corrected chi connectivity index (χ4v) is 4.94. The van der Waals surface area contributed by atoms with Crippen molar-refractivity contribution in [2.45, 2.75) is 50.2 Å². The summed E-state index contributed by atoms with van der Waals surface area (Å²) in [6.45, 7) is 1.20. The first-order valence-corrected chi connectivity index (χ1v) is 9.86. The second-order valence-corrected chi connectivity index (χ2v) is 8.01. The van der Waals surface area contributed by atoms with Gasteiger partial charge in [0.15, 0.2) is 0 Å². The third kappa shape index (κ3) is 3.85. The number of amides is 1. The Kier molecular flexibility index (Phi) is 7.63. The number of aliphatic hydroxyl groups excluding tert-OH is 1. The van der Waals surface area contributed by atoms with E-state index >= 15 is 0 Å². The molecule has 2 N–H and O–H groups in total. The number of carbonyl (C=O) groups is 1. The van der Waals surface area contributed by atoms with Crippen molar-refractivity contribution in [2.75, 3.05) is 20.1 Å². The lowest BCUT2D eigenvalue weighted by Gasteiger charge is -2.47. The summed E-state index contributed by atoms with van der Waals surface area (Å²) in [5.41, 5.74) is 0.0724. The van der Waals surface area contributed by atoms with Gasteiger partial charge in [0.2, 0.25) is 5.91 Å². The normalized spacial score (nSPS) is 23.9. The standard InChI is InChI=1S/C19H26Cl2N2O2.ClH/c1-22-18(25)19(13-5-3-2-4-6-13,23-10-9-15(24)12-23)14-7-8-16(20)17(21)11-14;/h7-8,11,13,15,24H,2-6,9-10,12H2,1H3,(H,22,25);1H. The lowest BCUT2D eigenvalue weighted by Crippen LogP contribution is -2.60. The highest BCUT2D eigenvalue weighted by Crippen LogP contribution is 2.46. The van der Waals surface area contributed by atoms with Crippen molar-refractivity contribution < 1.29 is 9.90 Å². The van der Waals surface area contributed by atoms with E-state index in [4.69, 9.17) is 23.2 Å². The average molecular weight is 422 g/mol. The third-order valence-corrected chi connectivity index (χ3v) is 6.53. The molecule has 1 aliphatic carbocycles. The number of β-amino-alcohol motifs (C(OH)–C–C–N with tert-alkyl or cyclic N) is 1. The minimum absolute atomic E-state index is 0. The Labute approximate surface area is 171 Å². The average Bonchev–Trinajstić information content (AvgIpc) is 3.06. The molecule has 0 radical (unpaired) electrons. The Morgan fingerprint density at radius 1 is 1.19 bits per heavy atom. The first-order valence-electron chi connectivity index (χ1n) is 9.11. The SMILES string of the molecule is CNC(=O)C(c1ccc(Cl)c(Cl)c1)(C1CCCCC1)N1CCC(O)C1.Cl. The van der Waals surface area contributed by atoms with Gasteiger partial charge in [-0.15, -0.1) is 12.4 Å². The Hall–Kier alpha value is -0.520. The van der Waals surface area contributed by atoms with Crippen LogP contribution in [0, 0.1) is 5.92 Å². The molecule has 2 aliphatic rings. The summed E-state index contributed by atoms with van der Waals surface area (Å²) < 4.78 is 0. The van der Waals surface area contributed by atoms with Crippen LogP contribution in [0.3, 0.4) is 0 Å². The summed E-state index contributed by atoms with van der Waals surface area (Å²) in [4.78, 5) is 15.5. The largest absolute Gasteiger partial charge is 0.392 e. The van der Waals surface area contributed by atoms with E-state index in [9.17, 15) is 9.90 Å². The Balaban J connectivity index is 0.00000243. The fraction of sp³-hybridized carbons (Fsp3) is 0.632. The van der Waals surface area contributed by atoms with Crippen LogP contribution < -0.4 is 5.32 Å². The van der Waals surface area contributed by atoms with Crippen LogP contribution in [0.25, 0.3) is 0 Å². The van der Waals surface area contributed by atoms with E-state index in [0.717, 1.165) is 31.2 Å². The van der Waals surface area contributed by atoms with E-state index in [1.54, 1.807) is 13.1 Å². The predicted molar refractivity (Wildman–Crippen MR) is 108 cm³/mol. The molecule has 146 valence electrons. The van der Waals surface area contributed by atoms with E-state index in [2.05, 4.69) is 10.2 Å². The van der Waals surface area contributed by atoms with Crippen LogP contribution in [0.15, 0.2) is 18.2 Å². The number of likely N-dealkylation sites (N-methyl/N-ethyl adjacent to an activating group) is 1. The number of halogens is 3. The molecule has 2 atom stereocenters. The number of likely N-dealkylation sites (tertiary alicyclic amines) is 1. The summed E-state index contributed by atoms with van der Waals surface area (Å²) in [5, 5.41) is 14.0. The van der Waals surface area contributed by atoms with E-state index in [1.807, 2.05) is 12.1 Å². The third-order valence-electron chi connectivity index (χ3n) is 5.79. The lowest BCUT2D eigenvalue weighted by atomic mass is 9.69. The number of rotatable bonds is 4. The maximum atomic E-state index is 13.3. The minimum atomic E-state index is -0.805. The van der Waals surface area contributed by atoms with Gasteiger partial charge in [0, 0.05) is 20.1 Å². The van der Waals surface area contributed by atoms with E-state index < -0.39 is 11.6 Å². The van der Waals surface area contributed by atoms with Crippen molar-refractivity contribution in [1.29, 1.82) is 0 Å². The fourth-order valence-electron chi connectivity index (χ4n) is 4.64. The van der Waals surface area contributed by atoms with Gasteiger partial charge in [0.1, 0.15) is 5.54 Å². The van der Waals surface area contributed by atoms with Gasteiger partial charge in [-0.05, 0) is 42.9 Å². The number of benzene rings is 1. The molecule has 0 aromatic heterocycles. The van der Waals surface area contributed by atoms with Crippen molar-refractivity contribution in [3.63, 3.8) is 0 Å². The highest BCUT2D eigenvalue weighted by atomic mass is 35.5. The number of carbonyl (C=O) groups excluding carboxylic acids is 1. The molecule has 3 rings (SSSR count). The predicted octanol–water partition coefficient (Wildman–Crippen LogP) is 4.00. The van der Waals surface area contributed by atoms with Gasteiger partial charge in [-0.1, -0.05) is 48.5 Å². The van der Waals surface area contributed by atoms with Gasteiger partial charge in [-0.25, -0.2) is 0 Å². The summed E-state index contributed by atoms with van der Waals surface area (Å²) in [7, 11) is 1.68. The van der Waals surface area contributed by atoms with Gasteiger partial charge < -0.3 is 10.4 Å². The summed E-state index contributed by atoms with van der Waals surface area (Å²) in [6.07, 6.45) is 5.76. The minimum Gasteiger partial charge on any atom is -0.392 e. The molecule has 0 spiro atoms. The number of hydrogen-bond acceptors (Lipinski definition) is 3. The van der Waals surface area contributed by atoms with Gasteiger partial charge in [0.05, 0.1) is 16.1 Å². The van der Waals surface area contributed by atoms with Gasteiger partial charge >= 0.3 is 0 Å². The molecular weight excluding hydrogens is 395 g/mol. The molecule has 4 nitrogen and oxygen atoms in total. The molecule has 7 heteroatoms. The first-order chi connectivity index (χ1) is 12.0. The molecule has 1 saturated heterocycles. The molecular formula is C19H27Cl3N2O2. The number of aliphatic hydroxyl groups is 1. The van der Waals surface area contributed by atoms with E-state index in [1.165, 1.54) is 6.42 Å². The maximum Gasteiger partial charge on any atom is 0.245 e. The van der Waals surface area contributed by atoms with E-state index in [0.29, 0.717) is 29.6 Å². The van der Waals surface area contributed by atoms with Crippen molar-refractivity contribution in [3.8, 4) is 0 Å². The van der Waals surface area contributed by atoms with Crippen molar-refractivity contribution in [1.82, 2.24) is 10.2 Å². The van der Waals surface area contributed by atoms with Crippen molar-refractivity contribution in [2.24, 2.45) is 5.92 Å².